The lowest BCUT2D eigenvalue weighted by Gasteiger charge is -2.34. The molecular weight excluding hydrogens is 412 g/mol. The first-order chi connectivity index (χ1) is 16.0. The van der Waals surface area contributed by atoms with Crippen molar-refractivity contribution >= 4 is 23.2 Å². The molecule has 0 saturated carbocycles. The molecule has 0 radical (unpaired) electrons. The number of pyridine rings is 1. The van der Waals surface area contributed by atoms with Gasteiger partial charge in [-0.2, -0.15) is 0 Å². The van der Waals surface area contributed by atoms with E-state index < -0.39 is 0 Å². The summed E-state index contributed by atoms with van der Waals surface area (Å²) in [6.07, 6.45) is 2.05. The van der Waals surface area contributed by atoms with Crippen molar-refractivity contribution in [2.24, 2.45) is 11.8 Å². The van der Waals surface area contributed by atoms with E-state index in [0.29, 0.717) is 17.4 Å². The first-order valence-electron chi connectivity index (χ1n) is 11.5. The molecule has 4 rings (SSSR count). The Bertz CT molecular complexity index is 1060. The maximum absolute atomic E-state index is 11.8. The highest BCUT2D eigenvalue weighted by Crippen LogP contribution is 2.28. The number of methoxy groups -OCH3 is 1. The van der Waals surface area contributed by atoms with Crippen LogP contribution in [0.4, 0.5) is 17.2 Å². The van der Waals surface area contributed by atoms with Crippen LogP contribution in [-0.2, 0) is 16.1 Å². The van der Waals surface area contributed by atoms with Crippen LogP contribution in [0, 0.1) is 11.8 Å². The third-order valence-corrected chi connectivity index (χ3v) is 6.53. The fourth-order valence-electron chi connectivity index (χ4n) is 4.42. The number of nitrogens with zero attached hydrogens (tertiary/aromatic N) is 2. The van der Waals surface area contributed by atoms with Crippen molar-refractivity contribution in [2.45, 2.75) is 26.3 Å². The Morgan fingerprint density at radius 2 is 1.79 bits per heavy atom. The molecule has 0 aliphatic carbocycles. The Labute approximate surface area is 195 Å². The molecule has 1 aliphatic rings. The zero-order valence-electron chi connectivity index (χ0n) is 19.3. The molecule has 2 aromatic carbocycles. The number of rotatable bonds is 7. The topological polar surface area (TPSA) is 80.5 Å². The third kappa shape index (κ3) is 5.71. The second-order valence-corrected chi connectivity index (χ2v) is 8.75. The van der Waals surface area contributed by atoms with Gasteiger partial charge >= 0.3 is 5.97 Å². The van der Waals surface area contributed by atoms with Gasteiger partial charge < -0.3 is 15.8 Å². The molecule has 0 spiro atoms. The standard InChI is InChI=1S/C27H32N4O2/c1-19(27(32)33-2)21-14-16-31(17-15-21)18-20-8-10-23(11-9-20)29-26-24(28)12-13-25(30-26)22-6-4-3-5-7-22/h3-13,19,21H,14-18,28H2,1-2H3,(H,29,30). The van der Waals surface area contributed by atoms with Crippen LogP contribution in [0.2, 0.25) is 0 Å². The van der Waals surface area contributed by atoms with Gasteiger partial charge in [-0.3, -0.25) is 9.69 Å². The summed E-state index contributed by atoms with van der Waals surface area (Å²) in [5, 5.41) is 3.35. The number of carbonyl (C=O) groups is 1. The summed E-state index contributed by atoms with van der Waals surface area (Å²) < 4.78 is 4.91. The quantitative estimate of drug-likeness (QED) is 0.494. The molecule has 0 amide bonds. The van der Waals surface area contributed by atoms with E-state index in [2.05, 4.69) is 34.5 Å². The minimum absolute atomic E-state index is 0.0241. The number of benzene rings is 2. The number of hydrogen-bond acceptors (Lipinski definition) is 6. The Balaban J connectivity index is 1.35. The second kappa shape index (κ2) is 10.5. The van der Waals surface area contributed by atoms with Gasteiger partial charge in [0.1, 0.15) is 0 Å². The van der Waals surface area contributed by atoms with E-state index in [0.717, 1.165) is 49.4 Å². The van der Waals surface area contributed by atoms with Gasteiger partial charge in [0, 0.05) is 17.8 Å². The van der Waals surface area contributed by atoms with Crippen LogP contribution >= 0.6 is 0 Å². The lowest BCUT2D eigenvalue weighted by atomic mass is 9.85. The minimum Gasteiger partial charge on any atom is -0.469 e. The van der Waals surface area contributed by atoms with Gasteiger partial charge in [0.15, 0.2) is 5.82 Å². The van der Waals surface area contributed by atoms with E-state index >= 15 is 0 Å². The van der Waals surface area contributed by atoms with Gasteiger partial charge in [-0.15, -0.1) is 0 Å². The number of ether oxygens (including phenoxy) is 1. The van der Waals surface area contributed by atoms with Crippen molar-refractivity contribution in [3.63, 3.8) is 0 Å². The first-order valence-corrected chi connectivity index (χ1v) is 11.5. The van der Waals surface area contributed by atoms with Crippen LogP contribution in [-0.4, -0.2) is 36.1 Å². The highest BCUT2D eigenvalue weighted by molar-refractivity contribution is 5.73. The molecule has 3 aromatic rings. The molecule has 172 valence electrons. The maximum Gasteiger partial charge on any atom is 0.308 e. The molecule has 0 bridgehead atoms. The molecule has 1 unspecified atom stereocenters. The second-order valence-electron chi connectivity index (χ2n) is 8.75. The monoisotopic (exact) mass is 444 g/mol. The SMILES string of the molecule is COC(=O)C(C)C1CCN(Cc2ccc(Nc3nc(-c4ccccc4)ccc3N)cc2)CC1. The molecule has 6 heteroatoms. The molecule has 1 saturated heterocycles. The number of anilines is 3. The van der Waals surface area contributed by atoms with Crippen LogP contribution in [0.1, 0.15) is 25.3 Å². The van der Waals surface area contributed by atoms with E-state index in [9.17, 15) is 4.79 Å². The van der Waals surface area contributed by atoms with E-state index in [1.807, 2.05) is 49.4 Å². The van der Waals surface area contributed by atoms with Gasteiger partial charge in [0.2, 0.25) is 0 Å². The molecule has 1 aromatic heterocycles. The molecule has 1 atom stereocenters. The number of nitrogens with two attached hydrogens (primary N) is 1. The molecule has 3 N–H and O–H groups in total. The van der Waals surface area contributed by atoms with E-state index in [-0.39, 0.29) is 11.9 Å². The molecule has 33 heavy (non-hydrogen) atoms. The number of hydrogen-bond donors (Lipinski definition) is 2. The average Bonchev–Trinajstić information content (AvgIpc) is 2.86. The normalized spacial score (nSPS) is 15.7. The zero-order chi connectivity index (χ0) is 23.2. The fraction of sp³-hybridized carbons (Fsp3) is 0.333. The number of carbonyl (C=O) groups excluding carboxylic acids is 1. The number of esters is 1. The molecular formula is C27H32N4O2. The summed E-state index contributed by atoms with van der Waals surface area (Å²) in [7, 11) is 1.47. The van der Waals surface area contributed by atoms with E-state index in [1.165, 1.54) is 12.7 Å². The Hall–Kier alpha value is -3.38. The smallest absolute Gasteiger partial charge is 0.308 e. The highest BCUT2D eigenvalue weighted by atomic mass is 16.5. The molecule has 2 heterocycles. The summed E-state index contributed by atoms with van der Waals surface area (Å²) in [5.74, 6) is 0.945. The number of nitrogen functional groups attached to an aromatic ring is 1. The minimum atomic E-state index is -0.0963. The molecule has 1 fully saturated rings. The van der Waals surface area contributed by atoms with Crippen molar-refractivity contribution in [3.8, 4) is 11.3 Å². The van der Waals surface area contributed by atoms with Crippen LogP contribution in [0.25, 0.3) is 11.3 Å². The Morgan fingerprint density at radius 3 is 2.45 bits per heavy atom. The average molecular weight is 445 g/mol. The molecule has 6 nitrogen and oxygen atoms in total. The Kier molecular flexibility index (Phi) is 7.25. The first kappa shape index (κ1) is 22.8. The van der Waals surface area contributed by atoms with Crippen molar-refractivity contribution in [2.75, 3.05) is 31.2 Å². The van der Waals surface area contributed by atoms with Crippen LogP contribution in [0.3, 0.4) is 0 Å². The highest BCUT2D eigenvalue weighted by Gasteiger charge is 2.28. The third-order valence-electron chi connectivity index (χ3n) is 6.53. The summed E-state index contributed by atoms with van der Waals surface area (Å²) in [4.78, 5) is 19.0. The predicted molar refractivity (Wildman–Crippen MR) is 133 cm³/mol. The number of aromatic nitrogens is 1. The van der Waals surface area contributed by atoms with Gasteiger partial charge in [-0.05, 0) is 61.7 Å². The zero-order valence-corrected chi connectivity index (χ0v) is 19.3. The Morgan fingerprint density at radius 1 is 1.09 bits per heavy atom. The van der Waals surface area contributed by atoms with Gasteiger partial charge in [-0.25, -0.2) is 4.98 Å². The van der Waals surface area contributed by atoms with E-state index in [4.69, 9.17) is 15.5 Å². The predicted octanol–water partition coefficient (Wildman–Crippen LogP) is 5.10. The van der Waals surface area contributed by atoms with Crippen LogP contribution in [0.5, 0.6) is 0 Å². The number of piperidine rings is 1. The summed E-state index contributed by atoms with van der Waals surface area (Å²) in [6, 6.07) is 22.3. The van der Waals surface area contributed by atoms with Crippen molar-refractivity contribution in [1.29, 1.82) is 0 Å². The van der Waals surface area contributed by atoms with Gasteiger partial charge in [-0.1, -0.05) is 49.4 Å². The maximum atomic E-state index is 11.8. The van der Waals surface area contributed by atoms with Crippen LogP contribution in [0.15, 0.2) is 66.7 Å². The van der Waals surface area contributed by atoms with Crippen molar-refractivity contribution in [3.05, 3.63) is 72.3 Å². The summed E-state index contributed by atoms with van der Waals surface area (Å²) in [6.45, 7) is 4.88. The summed E-state index contributed by atoms with van der Waals surface area (Å²) in [5.41, 5.74) is 10.9. The fourth-order valence-corrected chi connectivity index (χ4v) is 4.42. The van der Waals surface area contributed by atoms with Crippen molar-refractivity contribution < 1.29 is 9.53 Å². The molecule has 1 aliphatic heterocycles. The van der Waals surface area contributed by atoms with Gasteiger partial charge in [0.05, 0.1) is 24.4 Å². The lowest BCUT2D eigenvalue weighted by Crippen LogP contribution is -2.37. The number of nitrogens with one attached hydrogen (secondary N) is 1. The van der Waals surface area contributed by atoms with Crippen LogP contribution < -0.4 is 11.1 Å². The van der Waals surface area contributed by atoms with Gasteiger partial charge in [0.25, 0.3) is 0 Å². The van der Waals surface area contributed by atoms with E-state index in [1.54, 1.807) is 0 Å². The lowest BCUT2D eigenvalue weighted by molar-refractivity contribution is -0.147. The summed E-state index contributed by atoms with van der Waals surface area (Å²) >= 11 is 0. The largest absolute Gasteiger partial charge is 0.469 e. The van der Waals surface area contributed by atoms with Crippen molar-refractivity contribution in [1.82, 2.24) is 9.88 Å². The number of likely N-dealkylation sites (tertiary alicyclic amines) is 1.